The summed E-state index contributed by atoms with van der Waals surface area (Å²) in [6, 6.07) is -0.626. The number of carboxylic acid groups (broad SMARTS) is 1. The number of nitrogens with zero attached hydrogens (tertiary/aromatic N) is 1. The Morgan fingerprint density at radius 2 is 0.949 bits per heavy atom. The molecule has 0 aromatic heterocycles. The monoisotopic (exact) mass is 829 g/mol. The van der Waals surface area contributed by atoms with E-state index in [2.05, 4.69) is 19.9 Å². The van der Waals surface area contributed by atoms with Crippen LogP contribution in [-0.4, -0.2) is 80.6 Å². The van der Waals surface area contributed by atoms with Crippen molar-refractivity contribution in [2.75, 3.05) is 41.0 Å². The Labute approximate surface area is 362 Å². The third kappa shape index (κ3) is 40.2. The van der Waals surface area contributed by atoms with Crippen molar-refractivity contribution >= 4 is 17.9 Å². The van der Waals surface area contributed by atoms with Gasteiger partial charge < -0.3 is 23.8 Å². The molecule has 2 atom stereocenters. The van der Waals surface area contributed by atoms with Crippen LogP contribution in [0.2, 0.25) is 0 Å². The highest BCUT2D eigenvalue weighted by Gasteiger charge is 2.31. The van der Waals surface area contributed by atoms with Gasteiger partial charge in [0.15, 0.2) is 12.1 Å². The third-order valence-electron chi connectivity index (χ3n) is 10.6. The minimum atomic E-state index is -0.885. The van der Waals surface area contributed by atoms with Gasteiger partial charge in [-0.1, -0.05) is 209 Å². The lowest BCUT2D eigenvalue weighted by atomic mass is 10.0. The van der Waals surface area contributed by atoms with Crippen LogP contribution in [0.5, 0.6) is 0 Å². The van der Waals surface area contributed by atoms with Crippen LogP contribution < -0.4 is 0 Å². The molecule has 0 spiro atoms. The Balaban J connectivity index is 4.28. The van der Waals surface area contributed by atoms with Crippen LogP contribution in [0.4, 0.5) is 0 Å². The smallest absolute Gasteiger partial charge is 0.362 e. The Hall–Kier alpha value is -2.97. The van der Waals surface area contributed by atoms with Gasteiger partial charge >= 0.3 is 17.9 Å². The first-order valence-corrected chi connectivity index (χ1v) is 23.9. The first-order chi connectivity index (χ1) is 28.6. The maximum Gasteiger partial charge on any atom is 0.362 e. The number of aliphatic carboxylic acids is 1. The summed E-state index contributed by atoms with van der Waals surface area (Å²) < 4.78 is 17.2. The lowest BCUT2D eigenvalue weighted by Crippen LogP contribution is -2.50. The van der Waals surface area contributed by atoms with Gasteiger partial charge in [-0.05, 0) is 25.7 Å². The van der Waals surface area contributed by atoms with E-state index in [-0.39, 0.29) is 42.7 Å². The van der Waals surface area contributed by atoms with E-state index < -0.39 is 18.1 Å². The van der Waals surface area contributed by atoms with Gasteiger partial charge in [0.05, 0.1) is 34.4 Å². The van der Waals surface area contributed by atoms with Gasteiger partial charge in [0, 0.05) is 19.3 Å². The number of rotatable bonds is 42. The topological polar surface area (TPSA) is 99.1 Å². The lowest BCUT2D eigenvalue weighted by Gasteiger charge is -2.31. The van der Waals surface area contributed by atoms with Gasteiger partial charge in [-0.15, -0.1) is 0 Å². The number of esters is 2. The third-order valence-corrected chi connectivity index (χ3v) is 10.6. The van der Waals surface area contributed by atoms with Crippen LogP contribution in [0, 0.1) is 0 Å². The molecule has 0 aliphatic heterocycles. The highest BCUT2D eigenvalue weighted by molar-refractivity contribution is 5.72. The zero-order valence-corrected chi connectivity index (χ0v) is 38.7. The maximum absolute atomic E-state index is 12.8. The molecule has 59 heavy (non-hydrogen) atoms. The van der Waals surface area contributed by atoms with Gasteiger partial charge in [0.1, 0.15) is 6.61 Å². The number of hydrogen-bond acceptors (Lipinski definition) is 6. The van der Waals surface area contributed by atoms with Crippen LogP contribution in [0.3, 0.4) is 0 Å². The van der Waals surface area contributed by atoms with Crippen LogP contribution in [0.25, 0.3) is 0 Å². The van der Waals surface area contributed by atoms with Crippen LogP contribution in [0.15, 0.2) is 60.8 Å². The highest BCUT2D eigenvalue weighted by atomic mass is 16.6. The predicted octanol–water partition coefficient (Wildman–Crippen LogP) is 13.4. The molecule has 8 nitrogen and oxygen atoms in total. The fourth-order valence-corrected chi connectivity index (χ4v) is 6.89. The Bertz CT molecular complexity index is 1150. The highest BCUT2D eigenvalue weighted by Crippen LogP contribution is 2.16. The van der Waals surface area contributed by atoms with Gasteiger partial charge in [-0.2, -0.15) is 0 Å². The fraction of sp³-hybridized carbons (Fsp3) is 0.745. The van der Waals surface area contributed by atoms with E-state index in [1.54, 1.807) is 0 Å². The fourth-order valence-electron chi connectivity index (χ4n) is 6.89. The number of carboxylic acids is 1. The SMILES string of the molecule is CC/C=C/C=C/C=C/C=C/C=C/CCCC(=O)OCC(COCCC(C(=O)O)[N+](C)(C)C)OC(=O)CCCCCCCCCCCCCCCCCCCCCCCC. The Morgan fingerprint density at radius 3 is 1.39 bits per heavy atom. The summed E-state index contributed by atoms with van der Waals surface area (Å²) in [5, 5.41) is 9.63. The van der Waals surface area contributed by atoms with E-state index in [1.807, 2.05) is 75.8 Å². The zero-order chi connectivity index (χ0) is 43.5. The molecule has 0 aliphatic carbocycles. The summed E-state index contributed by atoms with van der Waals surface area (Å²) in [5.74, 6) is -1.56. The van der Waals surface area contributed by atoms with Crippen molar-refractivity contribution in [1.29, 1.82) is 0 Å². The standard InChI is InChI=1S/C51H89NO7/c1-6-8-10-12-14-16-18-20-21-22-23-24-25-26-27-28-30-32-34-36-38-40-42-50(54)59-47(45-57-44-43-48(51(55)56)52(3,4)5)46-58-49(53)41-39-37-35-33-31-29-19-17-15-13-11-9-7-2/h9,11,13,15,17,19,29,31,33,35,47-48H,6-8,10,12,14,16,18,20-28,30,32,34,36-46H2,1-5H3/p+1/b11-9+,15-13+,19-17+,31-29+,35-33+. The average molecular weight is 829 g/mol. The van der Waals surface area contributed by atoms with Crippen molar-refractivity contribution < 1.29 is 38.2 Å². The zero-order valence-electron chi connectivity index (χ0n) is 38.7. The van der Waals surface area contributed by atoms with Crippen LogP contribution >= 0.6 is 0 Å². The summed E-state index contributed by atoms with van der Waals surface area (Å²) in [4.78, 5) is 37.0. The van der Waals surface area contributed by atoms with Crippen molar-refractivity contribution in [3.8, 4) is 0 Å². The minimum Gasteiger partial charge on any atom is -0.477 e. The summed E-state index contributed by atoms with van der Waals surface area (Å²) >= 11 is 0. The van der Waals surface area contributed by atoms with Crippen LogP contribution in [0.1, 0.15) is 194 Å². The lowest BCUT2D eigenvalue weighted by molar-refractivity contribution is -0.887. The molecule has 1 N–H and O–H groups in total. The van der Waals surface area contributed by atoms with E-state index in [0.717, 1.165) is 32.1 Å². The van der Waals surface area contributed by atoms with E-state index in [9.17, 15) is 19.5 Å². The van der Waals surface area contributed by atoms with Crippen molar-refractivity contribution in [3.63, 3.8) is 0 Å². The molecule has 2 unspecified atom stereocenters. The molecule has 0 aromatic rings. The van der Waals surface area contributed by atoms with Crippen molar-refractivity contribution in [3.05, 3.63) is 60.8 Å². The molecule has 340 valence electrons. The summed E-state index contributed by atoms with van der Waals surface area (Å²) in [7, 11) is 5.51. The molecule has 0 heterocycles. The molecule has 0 saturated heterocycles. The molecule has 0 aliphatic rings. The first-order valence-electron chi connectivity index (χ1n) is 23.9. The average Bonchev–Trinajstić information content (AvgIpc) is 3.19. The molecule has 8 heteroatoms. The van der Waals surface area contributed by atoms with Gasteiger partial charge in [0.25, 0.3) is 0 Å². The second kappa shape index (κ2) is 41.8. The molecule has 0 rings (SSSR count). The molecule has 0 saturated carbocycles. The molecule has 0 amide bonds. The minimum absolute atomic E-state index is 0.0383. The molecular weight excluding hydrogens is 739 g/mol. The van der Waals surface area contributed by atoms with E-state index >= 15 is 0 Å². The number of carbonyl (C=O) groups is 3. The van der Waals surface area contributed by atoms with Gasteiger partial charge in [-0.3, -0.25) is 9.59 Å². The number of carbonyl (C=O) groups excluding carboxylic acids is 2. The van der Waals surface area contributed by atoms with Gasteiger partial charge in [-0.25, -0.2) is 4.79 Å². The number of quaternary nitrogens is 1. The summed E-state index contributed by atoms with van der Waals surface area (Å²) in [6.07, 6.45) is 51.5. The molecule has 0 radical (unpaired) electrons. The number of ether oxygens (including phenoxy) is 3. The second-order valence-electron chi connectivity index (χ2n) is 17.1. The first kappa shape index (κ1) is 56.0. The molecule has 0 fully saturated rings. The molecule has 0 bridgehead atoms. The van der Waals surface area contributed by atoms with Crippen molar-refractivity contribution in [1.82, 2.24) is 0 Å². The van der Waals surface area contributed by atoms with Gasteiger partial charge in [0.2, 0.25) is 0 Å². The van der Waals surface area contributed by atoms with Crippen molar-refractivity contribution in [2.24, 2.45) is 0 Å². The normalized spacial score (nSPS) is 13.4. The van der Waals surface area contributed by atoms with Crippen molar-refractivity contribution in [2.45, 2.75) is 206 Å². The largest absolute Gasteiger partial charge is 0.477 e. The quantitative estimate of drug-likeness (QED) is 0.0283. The number of likely N-dealkylation sites (N-methyl/N-ethyl adjacent to an activating group) is 1. The van der Waals surface area contributed by atoms with E-state index in [0.29, 0.717) is 19.3 Å². The summed E-state index contributed by atoms with van der Waals surface area (Å²) in [5.41, 5.74) is 0. The number of hydrogen-bond donors (Lipinski definition) is 1. The van der Waals surface area contributed by atoms with E-state index in [4.69, 9.17) is 14.2 Å². The Morgan fingerprint density at radius 1 is 0.525 bits per heavy atom. The summed E-state index contributed by atoms with van der Waals surface area (Å²) in [6.45, 7) is 4.53. The molecular formula is C51H90NO7+. The number of allylic oxidation sites excluding steroid dienone is 10. The molecule has 0 aromatic carbocycles. The second-order valence-corrected chi connectivity index (χ2v) is 17.1. The van der Waals surface area contributed by atoms with Crippen LogP contribution in [-0.2, 0) is 28.6 Å². The Kier molecular flexibility index (Phi) is 39.6. The predicted molar refractivity (Wildman–Crippen MR) is 247 cm³/mol. The maximum atomic E-state index is 12.8. The number of unbranched alkanes of at least 4 members (excludes halogenated alkanes) is 22. The van der Waals surface area contributed by atoms with E-state index in [1.165, 1.54) is 122 Å².